The van der Waals surface area contributed by atoms with Crippen molar-refractivity contribution in [2.45, 2.75) is 0 Å². The second kappa shape index (κ2) is 2.18. The summed E-state index contributed by atoms with van der Waals surface area (Å²) in [4.78, 5) is 12.8. The highest BCUT2D eigenvalue weighted by atomic mass is 32.1. The van der Waals surface area contributed by atoms with Crippen LogP contribution >= 0.6 is 12.2 Å². The molecule has 0 bridgehead atoms. The molecule has 0 aliphatic heterocycles. The van der Waals surface area contributed by atoms with Crippen LogP contribution < -0.4 is 0 Å². The second-order valence-corrected chi connectivity index (χ2v) is 2.01. The Labute approximate surface area is 60.6 Å². The van der Waals surface area contributed by atoms with Crippen LogP contribution in [0.2, 0.25) is 0 Å². The van der Waals surface area contributed by atoms with Crippen molar-refractivity contribution in [2.24, 2.45) is 7.05 Å². The van der Waals surface area contributed by atoms with Crippen molar-refractivity contribution in [1.82, 2.24) is 14.8 Å². The summed E-state index contributed by atoms with van der Waals surface area (Å²) in [5, 5.41) is 12.4. The SMILES string of the molecule is Cn1[nH]c([N+](=O)[O-])nc1=S. The van der Waals surface area contributed by atoms with Gasteiger partial charge in [-0.1, -0.05) is 0 Å². The maximum Gasteiger partial charge on any atom is 0.452 e. The molecule has 1 aromatic heterocycles. The maximum atomic E-state index is 10.0. The number of aromatic nitrogens is 3. The Morgan fingerprint density at radius 3 is 2.70 bits per heavy atom. The molecule has 0 radical (unpaired) electrons. The lowest BCUT2D eigenvalue weighted by Gasteiger charge is -1.84. The molecule has 0 amide bonds. The maximum absolute atomic E-state index is 10.0. The molecule has 1 aromatic rings. The van der Waals surface area contributed by atoms with Gasteiger partial charge < -0.3 is 10.1 Å². The summed E-state index contributed by atoms with van der Waals surface area (Å²) in [6.07, 6.45) is 0. The van der Waals surface area contributed by atoms with Crippen LogP contribution in [-0.2, 0) is 7.05 Å². The van der Waals surface area contributed by atoms with Crippen LogP contribution in [0.5, 0.6) is 0 Å². The number of hydrogen-bond acceptors (Lipinski definition) is 4. The molecule has 7 heteroatoms. The fourth-order valence-electron chi connectivity index (χ4n) is 0.470. The van der Waals surface area contributed by atoms with Crippen LogP contribution in [0.25, 0.3) is 0 Å². The Morgan fingerprint density at radius 1 is 1.90 bits per heavy atom. The Morgan fingerprint density at radius 2 is 2.50 bits per heavy atom. The predicted octanol–water partition coefficient (Wildman–Crippen LogP) is 0.386. The third-order valence-electron chi connectivity index (χ3n) is 0.929. The summed E-state index contributed by atoms with van der Waals surface area (Å²) >= 11 is 4.61. The van der Waals surface area contributed by atoms with Crippen molar-refractivity contribution in [1.29, 1.82) is 0 Å². The minimum Gasteiger partial charge on any atom is -0.390 e. The molecule has 0 atom stereocenters. The minimum absolute atomic E-state index is 0.173. The Bertz CT molecular complexity index is 313. The monoisotopic (exact) mass is 160 g/mol. The number of H-pyrrole nitrogens is 1. The van der Waals surface area contributed by atoms with Crippen LogP contribution in [0.15, 0.2) is 0 Å². The topological polar surface area (TPSA) is 76.8 Å². The van der Waals surface area contributed by atoms with Gasteiger partial charge in [0.2, 0.25) is 0 Å². The summed E-state index contributed by atoms with van der Waals surface area (Å²) in [6, 6.07) is 0. The molecule has 0 unspecified atom stereocenters. The van der Waals surface area contributed by atoms with E-state index in [1.165, 1.54) is 4.68 Å². The average Bonchev–Trinajstić information content (AvgIpc) is 2.13. The number of hydrogen-bond donors (Lipinski definition) is 1. The van der Waals surface area contributed by atoms with Crippen LogP contribution in [0.4, 0.5) is 5.95 Å². The number of nitrogens with zero attached hydrogens (tertiary/aromatic N) is 3. The smallest absolute Gasteiger partial charge is 0.390 e. The van der Waals surface area contributed by atoms with Crippen molar-refractivity contribution in [3.63, 3.8) is 0 Å². The standard InChI is InChI=1S/C3H4N4O2S/c1-6-3(10)4-2(5-6)7(8)9/h1H3,(H,4,5,10). The van der Waals surface area contributed by atoms with E-state index in [4.69, 9.17) is 0 Å². The summed E-state index contributed by atoms with van der Waals surface area (Å²) in [6.45, 7) is 0. The minimum atomic E-state index is -0.629. The number of aromatic amines is 1. The van der Waals surface area contributed by atoms with Gasteiger partial charge in [-0.05, 0) is 22.1 Å². The van der Waals surface area contributed by atoms with Gasteiger partial charge in [0, 0.05) is 7.05 Å². The van der Waals surface area contributed by atoms with Gasteiger partial charge in [-0.25, -0.2) is 0 Å². The molecule has 1 rings (SSSR count). The zero-order valence-corrected chi connectivity index (χ0v) is 5.88. The van der Waals surface area contributed by atoms with Crippen LogP contribution in [0, 0.1) is 14.9 Å². The largest absolute Gasteiger partial charge is 0.452 e. The first-order valence-electron chi connectivity index (χ1n) is 2.38. The van der Waals surface area contributed by atoms with Gasteiger partial charge >= 0.3 is 10.7 Å². The van der Waals surface area contributed by atoms with Gasteiger partial charge in [0.1, 0.15) is 0 Å². The van der Waals surface area contributed by atoms with Crippen molar-refractivity contribution in [3.05, 3.63) is 14.9 Å². The zero-order valence-electron chi connectivity index (χ0n) is 5.07. The lowest BCUT2D eigenvalue weighted by Crippen LogP contribution is -1.92. The molecule has 0 aliphatic carbocycles. The highest BCUT2D eigenvalue weighted by molar-refractivity contribution is 7.71. The molecule has 0 fully saturated rings. The van der Waals surface area contributed by atoms with Gasteiger partial charge in [0.05, 0.1) is 0 Å². The van der Waals surface area contributed by atoms with E-state index in [-0.39, 0.29) is 10.7 Å². The summed E-state index contributed by atoms with van der Waals surface area (Å²) in [5.41, 5.74) is 0. The number of aryl methyl sites for hydroxylation is 1. The summed E-state index contributed by atoms with van der Waals surface area (Å²) in [7, 11) is 1.56. The van der Waals surface area contributed by atoms with E-state index >= 15 is 0 Å². The van der Waals surface area contributed by atoms with Gasteiger partial charge in [-0.3, -0.25) is 0 Å². The average molecular weight is 160 g/mol. The highest BCUT2D eigenvalue weighted by Crippen LogP contribution is 1.99. The summed E-state index contributed by atoms with van der Waals surface area (Å²) in [5.74, 6) is -0.326. The van der Waals surface area contributed by atoms with E-state index in [1.54, 1.807) is 7.05 Å². The third-order valence-corrected chi connectivity index (χ3v) is 1.29. The lowest BCUT2D eigenvalue weighted by molar-refractivity contribution is -0.394. The van der Waals surface area contributed by atoms with Crippen LogP contribution in [-0.4, -0.2) is 19.7 Å². The van der Waals surface area contributed by atoms with Crippen molar-refractivity contribution in [2.75, 3.05) is 0 Å². The quantitative estimate of drug-likeness (QED) is 0.366. The molecular weight excluding hydrogens is 156 g/mol. The van der Waals surface area contributed by atoms with Crippen molar-refractivity contribution in [3.8, 4) is 0 Å². The van der Waals surface area contributed by atoms with Crippen molar-refractivity contribution >= 4 is 18.2 Å². The van der Waals surface area contributed by atoms with E-state index < -0.39 is 4.92 Å². The van der Waals surface area contributed by atoms with Gasteiger partial charge in [0.15, 0.2) is 0 Å². The van der Waals surface area contributed by atoms with E-state index in [9.17, 15) is 10.1 Å². The fraction of sp³-hybridized carbons (Fsp3) is 0.333. The third kappa shape index (κ3) is 1.03. The molecule has 0 spiro atoms. The molecular formula is C3H4N4O2S. The molecule has 1 heterocycles. The van der Waals surface area contributed by atoms with E-state index in [2.05, 4.69) is 22.3 Å². The van der Waals surface area contributed by atoms with E-state index in [0.717, 1.165) is 0 Å². The number of rotatable bonds is 1. The molecule has 1 N–H and O–H groups in total. The second-order valence-electron chi connectivity index (χ2n) is 1.65. The first kappa shape index (κ1) is 6.87. The summed E-state index contributed by atoms with van der Waals surface area (Å²) < 4.78 is 1.47. The highest BCUT2D eigenvalue weighted by Gasteiger charge is 2.08. The predicted molar refractivity (Wildman–Crippen MR) is 35.0 cm³/mol. The van der Waals surface area contributed by atoms with Crippen LogP contribution in [0.1, 0.15) is 0 Å². The Kier molecular flexibility index (Phi) is 1.50. The molecule has 6 nitrogen and oxygen atoms in total. The molecule has 54 valence electrons. The number of nitro groups is 1. The zero-order chi connectivity index (χ0) is 7.72. The molecule has 10 heavy (non-hydrogen) atoms. The molecule has 0 saturated heterocycles. The fourth-order valence-corrected chi connectivity index (χ4v) is 0.602. The van der Waals surface area contributed by atoms with Crippen molar-refractivity contribution < 1.29 is 4.92 Å². The molecule has 0 aliphatic rings. The Hall–Kier alpha value is -1.24. The number of nitrogens with one attached hydrogen (secondary N) is 1. The van der Waals surface area contributed by atoms with Gasteiger partial charge in [-0.15, -0.1) is 0 Å². The first-order valence-corrected chi connectivity index (χ1v) is 2.79. The first-order chi connectivity index (χ1) is 4.61. The Balaban J connectivity index is 3.23. The van der Waals surface area contributed by atoms with Crippen LogP contribution in [0.3, 0.4) is 0 Å². The normalized spacial score (nSPS) is 9.70. The van der Waals surface area contributed by atoms with Gasteiger partial charge in [-0.2, -0.15) is 9.78 Å². The molecule has 0 aromatic carbocycles. The lowest BCUT2D eigenvalue weighted by atomic mass is 11.1. The van der Waals surface area contributed by atoms with E-state index in [1.807, 2.05) is 0 Å². The molecule has 0 saturated carbocycles. The van der Waals surface area contributed by atoms with E-state index in [0.29, 0.717) is 0 Å². The van der Waals surface area contributed by atoms with Gasteiger partial charge in [0.25, 0.3) is 0 Å².